The van der Waals surface area contributed by atoms with E-state index < -0.39 is 6.10 Å². The lowest BCUT2D eigenvalue weighted by Crippen LogP contribution is -2.49. The maximum Gasteiger partial charge on any atom is 0.110 e. The van der Waals surface area contributed by atoms with Crippen LogP contribution >= 0.6 is 0 Å². The first-order valence-electron chi connectivity index (χ1n) is 7.75. The summed E-state index contributed by atoms with van der Waals surface area (Å²) in [7, 11) is 1.64. The van der Waals surface area contributed by atoms with E-state index in [2.05, 4.69) is 31.2 Å². The number of aryl methyl sites for hydroxylation is 1. The van der Waals surface area contributed by atoms with Crippen molar-refractivity contribution in [1.29, 1.82) is 0 Å². The van der Waals surface area contributed by atoms with Gasteiger partial charge in [0, 0.05) is 13.0 Å². The van der Waals surface area contributed by atoms with Crippen molar-refractivity contribution in [3.8, 4) is 0 Å². The fraction of sp³-hybridized carbons (Fsp3) is 0.556. The Morgan fingerprint density at radius 2 is 2.05 bits per heavy atom. The lowest BCUT2D eigenvalue weighted by Gasteiger charge is -2.36. The fourth-order valence-electron chi connectivity index (χ4n) is 2.81. The van der Waals surface area contributed by atoms with E-state index in [9.17, 15) is 5.11 Å². The number of hydrogen-bond acceptors (Lipinski definition) is 3. The largest absolute Gasteiger partial charge is 0.387 e. The van der Waals surface area contributed by atoms with Crippen molar-refractivity contribution in [3.05, 3.63) is 41.5 Å². The molecule has 1 aromatic rings. The Kier molecular flexibility index (Phi) is 5.97. The van der Waals surface area contributed by atoms with Gasteiger partial charge >= 0.3 is 0 Å². The molecular formula is C18H26O3. The third kappa shape index (κ3) is 4.16. The van der Waals surface area contributed by atoms with Gasteiger partial charge in [0.05, 0.1) is 12.7 Å². The number of rotatable bonds is 5. The van der Waals surface area contributed by atoms with Crippen LogP contribution in [0.25, 0.3) is 6.08 Å². The predicted octanol–water partition coefficient (Wildman–Crippen LogP) is 3.06. The van der Waals surface area contributed by atoms with Crippen LogP contribution in [0.15, 0.2) is 30.3 Å². The molecule has 0 unspecified atom stereocenters. The van der Waals surface area contributed by atoms with Gasteiger partial charge in [0.1, 0.15) is 12.2 Å². The van der Waals surface area contributed by atoms with Crippen LogP contribution in [0.1, 0.15) is 31.4 Å². The molecule has 1 heterocycles. The van der Waals surface area contributed by atoms with Crippen LogP contribution in [0.3, 0.4) is 0 Å². The maximum atomic E-state index is 10.3. The van der Waals surface area contributed by atoms with Crippen LogP contribution in [-0.4, -0.2) is 37.1 Å². The molecule has 3 heteroatoms. The molecule has 1 fully saturated rings. The van der Waals surface area contributed by atoms with Crippen molar-refractivity contribution in [2.24, 2.45) is 5.92 Å². The average Bonchev–Trinajstić information content (AvgIpc) is 2.49. The summed E-state index contributed by atoms with van der Waals surface area (Å²) in [5.74, 6) is 0.211. The van der Waals surface area contributed by atoms with Gasteiger partial charge in [-0.2, -0.15) is 0 Å². The van der Waals surface area contributed by atoms with E-state index in [1.54, 1.807) is 7.11 Å². The van der Waals surface area contributed by atoms with Crippen molar-refractivity contribution >= 4 is 6.08 Å². The third-order valence-electron chi connectivity index (χ3n) is 4.05. The van der Waals surface area contributed by atoms with E-state index in [0.29, 0.717) is 6.61 Å². The van der Waals surface area contributed by atoms with Crippen molar-refractivity contribution in [3.63, 3.8) is 0 Å². The van der Waals surface area contributed by atoms with Crippen molar-refractivity contribution in [2.45, 2.75) is 45.0 Å². The first-order chi connectivity index (χ1) is 10.2. The monoisotopic (exact) mass is 290 g/mol. The quantitative estimate of drug-likeness (QED) is 0.906. The molecule has 0 aromatic heterocycles. The Labute approximate surface area is 127 Å². The summed E-state index contributed by atoms with van der Waals surface area (Å²) in [6.07, 6.45) is 5.12. The molecule has 1 aliphatic rings. The van der Waals surface area contributed by atoms with Crippen LogP contribution < -0.4 is 0 Å². The van der Waals surface area contributed by atoms with E-state index in [0.717, 1.165) is 18.4 Å². The Balaban J connectivity index is 1.99. The smallest absolute Gasteiger partial charge is 0.110 e. The zero-order chi connectivity index (χ0) is 15.2. The van der Waals surface area contributed by atoms with Gasteiger partial charge in [-0.15, -0.1) is 0 Å². The summed E-state index contributed by atoms with van der Waals surface area (Å²) in [6, 6.07) is 8.52. The van der Waals surface area contributed by atoms with Crippen LogP contribution in [-0.2, 0) is 15.9 Å². The van der Waals surface area contributed by atoms with Gasteiger partial charge in [0.2, 0.25) is 0 Å². The summed E-state index contributed by atoms with van der Waals surface area (Å²) >= 11 is 0. The van der Waals surface area contributed by atoms with Gasteiger partial charge in [-0.05, 0) is 17.5 Å². The molecule has 1 saturated heterocycles. The van der Waals surface area contributed by atoms with Crippen molar-refractivity contribution < 1.29 is 14.6 Å². The first-order valence-corrected chi connectivity index (χ1v) is 7.75. The van der Waals surface area contributed by atoms with Crippen molar-refractivity contribution in [1.82, 2.24) is 0 Å². The molecule has 2 rings (SSSR count). The molecule has 0 saturated carbocycles. The number of hydrogen-bond donors (Lipinski definition) is 1. The number of methoxy groups -OCH3 is 1. The minimum absolute atomic E-state index is 0.166. The predicted molar refractivity (Wildman–Crippen MR) is 85.2 cm³/mol. The zero-order valence-electron chi connectivity index (χ0n) is 13.2. The Bertz CT molecular complexity index is 452. The highest BCUT2D eigenvalue weighted by atomic mass is 16.5. The summed E-state index contributed by atoms with van der Waals surface area (Å²) < 4.78 is 11.1. The molecule has 1 aromatic carbocycles. The maximum absolute atomic E-state index is 10.3. The van der Waals surface area contributed by atoms with E-state index in [-0.39, 0.29) is 18.1 Å². The third-order valence-corrected chi connectivity index (χ3v) is 4.05. The summed E-state index contributed by atoms with van der Waals surface area (Å²) in [4.78, 5) is 0. The fourth-order valence-corrected chi connectivity index (χ4v) is 2.81. The molecule has 21 heavy (non-hydrogen) atoms. The SMILES string of the molecule is CCCc1ccc(/C=C/[C@@H]2OC[C@H](C)[C@H](OC)[C@H]2O)cc1. The molecular weight excluding hydrogens is 264 g/mol. The molecule has 1 aliphatic heterocycles. The highest BCUT2D eigenvalue weighted by molar-refractivity contribution is 5.50. The Morgan fingerprint density at radius 3 is 2.67 bits per heavy atom. The minimum Gasteiger partial charge on any atom is -0.387 e. The molecule has 0 bridgehead atoms. The summed E-state index contributed by atoms with van der Waals surface area (Å²) in [5.41, 5.74) is 2.48. The first kappa shape index (κ1) is 16.2. The standard InChI is InChI=1S/C18H26O3/c1-4-5-14-6-8-15(9-7-14)10-11-16-17(19)18(20-3)13(2)12-21-16/h6-11,13,16-19H,4-5,12H2,1-3H3/b11-10+/t13-,16-,17-,18-/m0/s1. The van der Waals surface area contributed by atoms with Gasteiger partial charge < -0.3 is 14.6 Å². The van der Waals surface area contributed by atoms with Crippen LogP contribution in [0, 0.1) is 5.92 Å². The van der Waals surface area contributed by atoms with Gasteiger partial charge in [0.25, 0.3) is 0 Å². The van der Waals surface area contributed by atoms with Gasteiger partial charge in [-0.25, -0.2) is 0 Å². The summed E-state index contributed by atoms with van der Waals surface area (Å²) in [5, 5.41) is 10.3. The van der Waals surface area contributed by atoms with E-state index in [4.69, 9.17) is 9.47 Å². The lowest BCUT2D eigenvalue weighted by atomic mass is 9.93. The number of benzene rings is 1. The van der Waals surface area contributed by atoms with Gasteiger partial charge in [-0.3, -0.25) is 0 Å². The number of aliphatic hydroxyl groups excluding tert-OH is 1. The highest BCUT2D eigenvalue weighted by Gasteiger charge is 2.36. The molecule has 3 nitrogen and oxygen atoms in total. The van der Waals surface area contributed by atoms with Crippen molar-refractivity contribution in [2.75, 3.05) is 13.7 Å². The molecule has 0 amide bonds. The van der Waals surface area contributed by atoms with Gasteiger partial charge in [-0.1, -0.05) is 56.7 Å². The zero-order valence-corrected chi connectivity index (χ0v) is 13.2. The topological polar surface area (TPSA) is 38.7 Å². The van der Waals surface area contributed by atoms with E-state index in [1.165, 1.54) is 5.56 Å². The Morgan fingerprint density at radius 1 is 1.33 bits per heavy atom. The second-order valence-corrected chi connectivity index (χ2v) is 5.82. The normalized spacial score (nSPS) is 29.9. The number of ether oxygens (including phenoxy) is 2. The van der Waals surface area contributed by atoms with Crippen LogP contribution in [0.5, 0.6) is 0 Å². The molecule has 0 aliphatic carbocycles. The second-order valence-electron chi connectivity index (χ2n) is 5.82. The lowest BCUT2D eigenvalue weighted by molar-refractivity contribution is -0.154. The minimum atomic E-state index is -0.616. The molecule has 0 spiro atoms. The average molecular weight is 290 g/mol. The van der Waals surface area contributed by atoms with Crippen LogP contribution in [0.4, 0.5) is 0 Å². The van der Waals surface area contributed by atoms with E-state index in [1.807, 2.05) is 19.1 Å². The molecule has 116 valence electrons. The molecule has 1 N–H and O–H groups in total. The Hall–Kier alpha value is -1.16. The number of aliphatic hydroxyl groups is 1. The highest BCUT2D eigenvalue weighted by Crippen LogP contribution is 2.23. The molecule has 0 radical (unpaired) electrons. The second kappa shape index (κ2) is 7.74. The van der Waals surface area contributed by atoms with Gasteiger partial charge in [0.15, 0.2) is 0 Å². The molecule has 4 atom stereocenters. The summed E-state index contributed by atoms with van der Waals surface area (Å²) in [6.45, 7) is 4.83. The van der Waals surface area contributed by atoms with E-state index >= 15 is 0 Å². The van der Waals surface area contributed by atoms with Crippen LogP contribution in [0.2, 0.25) is 0 Å².